The Labute approximate surface area is 113 Å². The molecule has 0 fully saturated rings. The van der Waals surface area contributed by atoms with Crippen molar-refractivity contribution in [2.24, 2.45) is 0 Å². The maximum absolute atomic E-state index is 12.7. The van der Waals surface area contributed by atoms with Gasteiger partial charge in [-0.15, -0.1) is 0 Å². The third-order valence-corrected chi connectivity index (χ3v) is 3.06. The van der Waals surface area contributed by atoms with Gasteiger partial charge in [-0.25, -0.2) is 4.39 Å². The molecule has 1 atom stereocenters. The van der Waals surface area contributed by atoms with Crippen molar-refractivity contribution >= 4 is 5.91 Å². The first-order valence-corrected chi connectivity index (χ1v) is 6.35. The lowest BCUT2D eigenvalue weighted by Crippen LogP contribution is -2.41. The average Bonchev–Trinajstić information content (AvgIpc) is 2.40. The highest BCUT2D eigenvalue weighted by molar-refractivity contribution is 5.78. The van der Waals surface area contributed by atoms with Gasteiger partial charge in [-0.3, -0.25) is 9.69 Å². The average molecular weight is 268 g/mol. The summed E-state index contributed by atoms with van der Waals surface area (Å²) in [5.74, 6) is -0.336. The van der Waals surface area contributed by atoms with Crippen LogP contribution < -0.4 is 5.32 Å². The molecule has 0 heterocycles. The molecule has 0 aliphatic carbocycles. The maximum atomic E-state index is 12.7. The smallest absolute Gasteiger partial charge is 0.234 e. The zero-order valence-electron chi connectivity index (χ0n) is 11.4. The molecule has 0 aliphatic heterocycles. The normalized spacial score (nSPS) is 12.5. The number of rotatable bonds is 7. The number of hydrogen-bond donors (Lipinski definition) is 2. The van der Waals surface area contributed by atoms with Gasteiger partial charge in [0.2, 0.25) is 5.91 Å². The summed E-state index contributed by atoms with van der Waals surface area (Å²) in [6, 6.07) is 6.20. The van der Waals surface area contributed by atoms with Crippen molar-refractivity contribution in [3.8, 4) is 0 Å². The van der Waals surface area contributed by atoms with Crippen LogP contribution in [-0.2, 0) is 11.2 Å². The van der Waals surface area contributed by atoms with Gasteiger partial charge in [0.1, 0.15) is 5.82 Å². The molecule has 0 aromatic heterocycles. The van der Waals surface area contributed by atoms with E-state index in [2.05, 4.69) is 5.32 Å². The van der Waals surface area contributed by atoms with Crippen LogP contribution in [0.4, 0.5) is 4.39 Å². The number of hydrogen-bond acceptors (Lipinski definition) is 3. The van der Waals surface area contributed by atoms with Gasteiger partial charge in [0, 0.05) is 12.6 Å². The highest BCUT2D eigenvalue weighted by Crippen LogP contribution is 2.02. The van der Waals surface area contributed by atoms with Crippen molar-refractivity contribution in [1.82, 2.24) is 10.2 Å². The molecule has 2 N–H and O–H groups in total. The van der Waals surface area contributed by atoms with E-state index in [9.17, 15) is 9.18 Å². The Morgan fingerprint density at radius 3 is 2.63 bits per heavy atom. The number of amides is 1. The monoisotopic (exact) mass is 268 g/mol. The van der Waals surface area contributed by atoms with Gasteiger partial charge in [0.05, 0.1) is 13.2 Å². The van der Waals surface area contributed by atoms with Crippen LogP contribution in [0, 0.1) is 5.82 Å². The summed E-state index contributed by atoms with van der Waals surface area (Å²) in [5, 5.41) is 11.8. The van der Waals surface area contributed by atoms with Crippen molar-refractivity contribution in [3.05, 3.63) is 35.6 Å². The highest BCUT2D eigenvalue weighted by atomic mass is 19.1. The van der Waals surface area contributed by atoms with E-state index in [1.54, 1.807) is 24.1 Å². The quantitative estimate of drug-likeness (QED) is 0.769. The molecule has 106 valence electrons. The zero-order valence-corrected chi connectivity index (χ0v) is 11.4. The molecule has 1 unspecified atom stereocenters. The molecule has 0 radical (unpaired) electrons. The van der Waals surface area contributed by atoms with Crippen LogP contribution in [0.1, 0.15) is 12.5 Å². The Bertz CT molecular complexity index is 395. The number of halogens is 1. The standard InChI is InChI=1S/C14H21FN2O2/c1-11(10-18)17(2)9-14(19)16-8-7-12-3-5-13(15)6-4-12/h3-6,11,18H,7-10H2,1-2H3,(H,16,19). The minimum atomic E-state index is -0.257. The second-order valence-electron chi connectivity index (χ2n) is 4.67. The van der Waals surface area contributed by atoms with Gasteiger partial charge in [0.25, 0.3) is 0 Å². The molecule has 5 heteroatoms. The Balaban J connectivity index is 2.25. The predicted octanol–water partition coefficient (Wildman–Crippen LogP) is 0.797. The van der Waals surface area contributed by atoms with Crippen molar-refractivity contribution in [3.63, 3.8) is 0 Å². The Morgan fingerprint density at radius 1 is 1.42 bits per heavy atom. The van der Waals surface area contributed by atoms with E-state index in [0.717, 1.165) is 5.56 Å². The van der Waals surface area contributed by atoms with E-state index in [0.29, 0.717) is 13.0 Å². The second-order valence-corrected chi connectivity index (χ2v) is 4.67. The minimum Gasteiger partial charge on any atom is -0.395 e. The SMILES string of the molecule is CC(CO)N(C)CC(=O)NCCc1ccc(F)cc1. The van der Waals surface area contributed by atoms with E-state index in [1.165, 1.54) is 12.1 Å². The van der Waals surface area contributed by atoms with Gasteiger partial charge >= 0.3 is 0 Å². The van der Waals surface area contributed by atoms with Crippen LogP contribution in [0.15, 0.2) is 24.3 Å². The number of aliphatic hydroxyl groups excluding tert-OH is 1. The van der Waals surface area contributed by atoms with E-state index >= 15 is 0 Å². The van der Waals surface area contributed by atoms with Gasteiger partial charge in [-0.1, -0.05) is 12.1 Å². The van der Waals surface area contributed by atoms with E-state index < -0.39 is 0 Å². The molecule has 0 bridgehead atoms. The molecular formula is C14H21FN2O2. The van der Waals surface area contributed by atoms with Gasteiger partial charge < -0.3 is 10.4 Å². The summed E-state index contributed by atoms with van der Waals surface area (Å²) in [5.41, 5.74) is 0.985. The zero-order chi connectivity index (χ0) is 14.3. The lowest BCUT2D eigenvalue weighted by atomic mass is 10.1. The lowest BCUT2D eigenvalue weighted by Gasteiger charge is -2.21. The largest absolute Gasteiger partial charge is 0.395 e. The van der Waals surface area contributed by atoms with Crippen LogP contribution in [0.3, 0.4) is 0 Å². The molecule has 1 aromatic rings. The van der Waals surface area contributed by atoms with E-state index in [4.69, 9.17) is 5.11 Å². The summed E-state index contributed by atoms with van der Waals surface area (Å²) in [6.45, 7) is 2.65. The van der Waals surface area contributed by atoms with Crippen LogP contribution in [-0.4, -0.2) is 48.7 Å². The van der Waals surface area contributed by atoms with Crippen LogP contribution in [0.2, 0.25) is 0 Å². The summed E-state index contributed by atoms with van der Waals surface area (Å²) in [4.78, 5) is 13.4. The first-order valence-electron chi connectivity index (χ1n) is 6.35. The molecule has 0 aliphatic rings. The topological polar surface area (TPSA) is 52.6 Å². The number of benzene rings is 1. The molecule has 4 nitrogen and oxygen atoms in total. The molecule has 0 spiro atoms. The maximum Gasteiger partial charge on any atom is 0.234 e. The van der Waals surface area contributed by atoms with Gasteiger partial charge in [-0.2, -0.15) is 0 Å². The van der Waals surface area contributed by atoms with Crippen LogP contribution in [0.25, 0.3) is 0 Å². The van der Waals surface area contributed by atoms with E-state index in [1.807, 2.05) is 6.92 Å². The van der Waals surface area contributed by atoms with Crippen molar-refractivity contribution in [2.75, 3.05) is 26.7 Å². The van der Waals surface area contributed by atoms with Gasteiger partial charge in [0.15, 0.2) is 0 Å². The summed E-state index contributed by atoms with van der Waals surface area (Å²) >= 11 is 0. The third kappa shape index (κ3) is 5.81. The molecule has 1 aromatic carbocycles. The van der Waals surface area contributed by atoms with Gasteiger partial charge in [-0.05, 0) is 38.1 Å². The Morgan fingerprint density at radius 2 is 2.05 bits per heavy atom. The lowest BCUT2D eigenvalue weighted by molar-refractivity contribution is -0.122. The van der Waals surface area contributed by atoms with Crippen molar-refractivity contribution in [1.29, 1.82) is 0 Å². The van der Waals surface area contributed by atoms with Crippen LogP contribution >= 0.6 is 0 Å². The molecule has 0 saturated heterocycles. The number of carbonyl (C=O) groups is 1. The molecule has 1 rings (SSSR count). The summed E-state index contributed by atoms with van der Waals surface area (Å²) in [6.07, 6.45) is 0.672. The fraction of sp³-hybridized carbons (Fsp3) is 0.500. The highest BCUT2D eigenvalue weighted by Gasteiger charge is 2.11. The fourth-order valence-electron chi connectivity index (χ4n) is 1.57. The van der Waals surface area contributed by atoms with E-state index in [-0.39, 0.29) is 30.9 Å². The number of carbonyl (C=O) groups excluding carboxylic acids is 1. The molecule has 0 saturated carbocycles. The van der Waals surface area contributed by atoms with Crippen molar-refractivity contribution in [2.45, 2.75) is 19.4 Å². The second kappa shape index (κ2) is 7.86. The Hall–Kier alpha value is -1.46. The molecular weight excluding hydrogens is 247 g/mol. The number of aliphatic hydroxyl groups is 1. The first kappa shape index (κ1) is 15.6. The van der Waals surface area contributed by atoms with Crippen LogP contribution in [0.5, 0.6) is 0 Å². The number of nitrogens with one attached hydrogen (secondary N) is 1. The summed E-state index contributed by atoms with van der Waals surface area (Å²) < 4.78 is 12.7. The molecule has 19 heavy (non-hydrogen) atoms. The number of likely N-dealkylation sites (N-methyl/N-ethyl adjacent to an activating group) is 1. The number of nitrogens with zero attached hydrogens (tertiary/aromatic N) is 1. The first-order chi connectivity index (χ1) is 9.02. The fourth-order valence-corrected chi connectivity index (χ4v) is 1.57. The summed E-state index contributed by atoms with van der Waals surface area (Å²) in [7, 11) is 1.79. The predicted molar refractivity (Wildman–Crippen MR) is 72.3 cm³/mol. The Kier molecular flexibility index (Phi) is 6.45. The third-order valence-electron chi connectivity index (χ3n) is 3.06. The van der Waals surface area contributed by atoms with Crippen molar-refractivity contribution < 1.29 is 14.3 Å². The molecule has 1 amide bonds. The minimum absolute atomic E-state index is 0.0271.